The maximum atomic E-state index is 5.22. The summed E-state index contributed by atoms with van der Waals surface area (Å²) in [6.45, 7) is 4.47. The summed E-state index contributed by atoms with van der Waals surface area (Å²) in [7, 11) is 0. The zero-order chi connectivity index (χ0) is 34.5. The summed E-state index contributed by atoms with van der Waals surface area (Å²) in [6.07, 6.45) is 1.65. The molecule has 0 spiro atoms. The van der Waals surface area contributed by atoms with E-state index in [1.807, 2.05) is 22.7 Å². The minimum absolute atomic E-state index is 0.593. The van der Waals surface area contributed by atoms with Crippen molar-refractivity contribution in [3.05, 3.63) is 151 Å². The van der Waals surface area contributed by atoms with Gasteiger partial charge < -0.3 is 4.57 Å². The number of nitrogens with zero attached hydrogens (tertiary/aromatic N) is 5. The molecule has 0 radical (unpaired) electrons. The lowest BCUT2D eigenvalue weighted by Crippen LogP contribution is -2.08. The fraction of sp³-hybridized carbons (Fsp3) is 0.0444. The third-order valence-corrected chi connectivity index (χ3v) is 12.8. The number of rotatable bonds is 4. The number of hydrogen-bond acceptors (Lipinski definition) is 5. The van der Waals surface area contributed by atoms with Gasteiger partial charge in [-0.15, -0.1) is 22.7 Å². The van der Waals surface area contributed by atoms with E-state index in [9.17, 15) is 0 Å². The molecule has 0 saturated carbocycles. The van der Waals surface area contributed by atoms with Gasteiger partial charge in [-0.25, -0.2) is 9.97 Å². The summed E-state index contributed by atoms with van der Waals surface area (Å²) in [5.41, 5.74) is 8.90. The van der Waals surface area contributed by atoms with Crippen molar-refractivity contribution in [1.82, 2.24) is 24.1 Å². The van der Waals surface area contributed by atoms with Gasteiger partial charge in [0.15, 0.2) is 5.82 Å². The molecule has 0 N–H and O–H groups in total. The molecule has 11 rings (SSSR count). The zero-order valence-corrected chi connectivity index (χ0v) is 30.0. The molecule has 7 heteroatoms. The van der Waals surface area contributed by atoms with Crippen LogP contribution in [-0.4, -0.2) is 24.1 Å². The predicted molar refractivity (Wildman–Crippen MR) is 220 cm³/mol. The van der Waals surface area contributed by atoms with Gasteiger partial charge in [-0.2, -0.15) is 4.98 Å². The number of para-hydroxylation sites is 2. The maximum absolute atomic E-state index is 5.22. The van der Waals surface area contributed by atoms with Crippen LogP contribution in [0.3, 0.4) is 0 Å². The van der Waals surface area contributed by atoms with Crippen LogP contribution in [0.5, 0.6) is 0 Å². The highest BCUT2D eigenvalue weighted by molar-refractivity contribution is 7.26. The first-order chi connectivity index (χ1) is 25.6. The van der Waals surface area contributed by atoms with Crippen molar-refractivity contribution >= 4 is 84.8 Å². The van der Waals surface area contributed by atoms with Gasteiger partial charge >= 0.3 is 0 Å². The van der Waals surface area contributed by atoms with Crippen molar-refractivity contribution in [2.24, 2.45) is 0 Å². The van der Waals surface area contributed by atoms with Crippen LogP contribution >= 0.6 is 22.7 Å². The Kier molecular flexibility index (Phi) is 6.35. The highest BCUT2D eigenvalue weighted by Gasteiger charge is 2.26. The van der Waals surface area contributed by atoms with Gasteiger partial charge in [0.2, 0.25) is 5.95 Å². The first kappa shape index (κ1) is 29.6. The van der Waals surface area contributed by atoms with Gasteiger partial charge in [0.1, 0.15) is 6.33 Å². The number of aromatic nitrogens is 5. The molecular formula is C45H29N5S2. The first-order valence-electron chi connectivity index (χ1n) is 17.4. The Bertz CT molecular complexity index is 3230. The van der Waals surface area contributed by atoms with Crippen LogP contribution < -0.4 is 0 Å². The van der Waals surface area contributed by atoms with E-state index >= 15 is 0 Å². The molecule has 0 saturated heterocycles. The van der Waals surface area contributed by atoms with Gasteiger partial charge in [0, 0.05) is 62.4 Å². The molecule has 0 aliphatic heterocycles. The molecule has 0 fully saturated rings. The SMILES string of the molecule is Cc1c(-c2c(C)c3ccccc3n2-c2ncnc(-c3ccc4sc5ccccc5c4c3)n2)n(-c2ccc3sc4ccccc4c3c2)c2ccccc12. The molecule has 0 unspecified atom stereocenters. The summed E-state index contributed by atoms with van der Waals surface area (Å²) in [6, 6.07) is 48.0. The Balaban J connectivity index is 1.18. The van der Waals surface area contributed by atoms with Gasteiger partial charge in [-0.1, -0.05) is 72.8 Å². The van der Waals surface area contributed by atoms with Crippen molar-refractivity contribution < 1.29 is 0 Å². The number of benzene rings is 6. The quantitative estimate of drug-likeness (QED) is 0.183. The predicted octanol–water partition coefficient (Wildman–Crippen LogP) is 12.4. The summed E-state index contributed by atoms with van der Waals surface area (Å²) in [5, 5.41) is 7.42. The Morgan fingerprint density at radius 3 is 1.65 bits per heavy atom. The van der Waals surface area contributed by atoms with E-state index in [2.05, 4.69) is 156 Å². The van der Waals surface area contributed by atoms with Crippen LogP contribution in [0.1, 0.15) is 11.1 Å². The van der Waals surface area contributed by atoms with E-state index in [4.69, 9.17) is 15.0 Å². The molecule has 0 bridgehead atoms. The second-order valence-corrected chi connectivity index (χ2v) is 15.5. The minimum Gasteiger partial charge on any atom is -0.307 e. The molecule has 0 atom stereocenters. The fourth-order valence-electron chi connectivity index (χ4n) is 8.10. The van der Waals surface area contributed by atoms with E-state index in [0.29, 0.717) is 11.8 Å². The van der Waals surface area contributed by atoms with Crippen molar-refractivity contribution in [2.75, 3.05) is 0 Å². The van der Waals surface area contributed by atoms with Crippen LogP contribution in [0, 0.1) is 13.8 Å². The van der Waals surface area contributed by atoms with Gasteiger partial charge in [-0.3, -0.25) is 4.57 Å². The average Bonchev–Trinajstić information content (AvgIpc) is 3.92. The normalized spacial score (nSPS) is 12.0. The van der Waals surface area contributed by atoms with Crippen LogP contribution in [0.25, 0.3) is 96.6 Å². The lowest BCUT2D eigenvalue weighted by Gasteiger charge is -2.16. The van der Waals surface area contributed by atoms with Gasteiger partial charge in [-0.05, 0) is 85.6 Å². The summed E-state index contributed by atoms with van der Waals surface area (Å²) in [4.78, 5) is 14.8. The Hall–Kier alpha value is -6.15. The number of aryl methyl sites for hydroxylation is 2. The molecule has 5 heterocycles. The van der Waals surface area contributed by atoms with Crippen LogP contribution in [0.4, 0.5) is 0 Å². The molecule has 0 amide bonds. The second-order valence-electron chi connectivity index (χ2n) is 13.3. The molecule has 52 heavy (non-hydrogen) atoms. The summed E-state index contributed by atoms with van der Waals surface area (Å²) < 4.78 is 9.80. The van der Waals surface area contributed by atoms with Gasteiger partial charge in [0.25, 0.3) is 0 Å². The van der Waals surface area contributed by atoms with E-state index in [-0.39, 0.29) is 0 Å². The van der Waals surface area contributed by atoms with E-state index in [0.717, 1.165) is 33.7 Å². The average molecular weight is 704 g/mol. The summed E-state index contributed by atoms with van der Waals surface area (Å²) in [5.74, 6) is 1.24. The Labute approximate surface area is 306 Å². The van der Waals surface area contributed by atoms with Crippen LogP contribution in [0.15, 0.2) is 140 Å². The Morgan fingerprint density at radius 1 is 0.462 bits per heavy atom. The lowest BCUT2D eigenvalue weighted by molar-refractivity contribution is 0.922. The van der Waals surface area contributed by atoms with E-state index in [1.165, 1.54) is 62.2 Å². The number of fused-ring (bicyclic) bond motifs is 8. The minimum atomic E-state index is 0.593. The molecular weight excluding hydrogens is 675 g/mol. The van der Waals surface area contributed by atoms with Gasteiger partial charge in [0.05, 0.1) is 22.4 Å². The summed E-state index contributed by atoms with van der Waals surface area (Å²) >= 11 is 3.66. The van der Waals surface area contributed by atoms with Crippen molar-refractivity contribution in [2.45, 2.75) is 13.8 Å². The topological polar surface area (TPSA) is 48.5 Å². The molecule has 6 aromatic carbocycles. The van der Waals surface area contributed by atoms with Crippen molar-refractivity contribution in [3.63, 3.8) is 0 Å². The molecule has 0 aliphatic rings. The smallest absolute Gasteiger partial charge is 0.238 e. The largest absolute Gasteiger partial charge is 0.307 e. The fourth-order valence-corrected chi connectivity index (χ4v) is 10.3. The van der Waals surface area contributed by atoms with Crippen molar-refractivity contribution in [3.8, 4) is 34.4 Å². The maximum Gasteiger partial charge on any atom is 0.238 e. The molecule has 5 aromatic heterocycles. The third kappa shape index (κ3) is 4.24. The molecule has 11 aromatic rings. The molecule has 0 aliphatic carbocycles. The van der Waals surface area contributed by atoms with Crippen molar-refractivity contribution in [1.29, 1.82) is 0 Å². The highest BCUT2D eigenvalue weighted by Crippen LogP contribution is 2.44. The van der Waals surface area contributed by atoms with Crippen LogP contribution in [0.2, 0.25) is 0 Å². The zero-order valence-electron chi connectivity index (χ0n) is 28.3. The lowest BCUT2D eigenvalue weighted by atomic mass is 10.1. The second kappa shape index (κ2) is 11.2. The van der Waals surface area contributed by atoms with E-state index in [1.54, 1.807) is 6.33 Å². The monoisotopic (exact) mass is 703 g/mol. The first-order valence-corrected chi connectivity index (χ1v) is 19.0. The Morgan fingerprint density at radius 2 is 0.981 bits per heavy atom. The van der Waals surface area contributed by atoms with Crippen LogP contribution in [-0.2, 0) is 0 Å². The number of hydrogen-bond donors (Lipinski definition) is 0. The number of thiophene rings is 2. The molecule has 246 valence electrons. The molecule has 5 nitrogen and oxygen atoms in total. The third-order valence-electron chi connectivity index (χ3n) is 10.5. The highest BCUT2D eigenvalue weighted by atomic mass is 32.1. The standard InChI is InChI=1S/C45H29N5S2/c1-26-30-11-3-7-15-36(30)49(29-20-22-41-35(24-29)33-14-6-10-18-39(33)52-41)42(26)43-27(2)31-12-4-8-16-37(31)50(43)45-47-25-46-44(48-45)28-19-21-40-34(23-28)32-13-5-9-17-38(32)51-40/h3-25H,1-2H3. The van der Waals surface area contributed by atoms with E-state index < -0.39 is 0 Å².